The van der Waals surface area contributed by atoms with E-state index in [0.29, 0.717) is 0 Å². The first-order chi connectivity index (χ1) is 9.45. The van der Waals surface area contributed by atoms with E-state index in [2.05, 4.69) is 35.6 Å². The van der Waals surface area contributed by atoms with E-state index in [1.165, 1.54) is 58.0 Å². The molecular weight excluding hydrogens is 230 g/mol. The smallest absolute Gasteiger partial charge is 0.00460 e. The highest BCUT2D eigenvalue weighted by Gasteiger charge is 2.32. The summed E-state index contributed by atoms with van der Waals surface area (Å²) in [4.78, 5) is 0. The fourth-order valence-corrected chi connectivity index (χ4v) is 4.30. The van der Waals surface area contributed by atoms with Crippen molar-refractivity contribution in [3.8, 4) is 0 Å². The molecule has 1 heteroatoms. The molecule has 0 amide bonds. The van der Waals surface area contributed by atoms with Crippen LogP contribution >= 0.6 is 0 Å². The summed E-state index contributed by atoms with van der Waals surface area (Å²) < 4.78 is 0. The van der Waals surface area contributed by atoms with Crippen molar-refractivity contribution >= 4 is 0 Å². The van der Waals surface area contributed by atoms with Crippen molar-refractivity contribution in [2.45, 2.75) is 50.9 Å². The number of hydrogen-bond donors (Lipinski definition) is 1. The Morgan fingerprint density at radius 1 is 0.789 bits per heavy atom. The third kappa shape index (κ3) is 3.20. The van der Waals surface area contributed by atoms with Gasteiger partial charge in [-0.3, -0.25) is 0 Å². The van der Waals surface area contributed by atoms with Gasteiger partial charge in [0.1, 0.15) is 0 Å². The number of hydrogen-bond acceptors (Lipinski definition) is 1. The summed E-state index contributed by atoms with van der Waals surface area (Å²) in [6.45, 7) is 2.45. The van der Waals surface area contributed by atoms with Crippen LogP contribution in [0.15, 0.2) is 30.3 Å². The Hall–Kier alpha value is -0.820. The molecule has 1 aromatic rings. The Bertz CT molecular complexity index is 343. The minimum absolute atomic E-state index is 0.823. The van der Waals surface area contributed by atoms with E-state index in [9.17, 15) is 0 Å². The van der Waals surface area contributed by atoms with Crippen molar-refractivity contribution in [3.05, 3.63) is 35.9 Å². The molecule has 1 aromatic carbocycles. The van der Waals surface area contributed by atoms with E-state index in [1.54, 1.807) is 5.56 Å². The van der Waals surface area contributed by atoms with Gasteiger partial charge in [-0.2, -0.15) is 0 Å². The summed E-state index contributed by atoms with van der Waals surface area (Å²) >= 11 is 0. The molecule has 1 nitrogen and oxygen atoms in total. The lowest BCUT2D eigenvalue weighted by molar-refractivity contribution is 0.209. The summed E-state index contributed by atoms with van der Waals surface area (Å²) in [6, 6.07) is 11.4. The second kappa shape index (κ2) is 6.56. The minimum Gasteiger partial charge on any atom is -0.317 e. The van der Waals surface area contributed by atoms with Crippen molar-refractivity contribution in [1.29, 1.82) is 0 Å². The maximum atomic E-state index is 3.52. The zero-order chi connectivity index (χ0) is 12.9. The molecule has 2 aliphatic rings. The third-order valence-electron chi connectivity index (χ3n) is 5.23. The van der Waals surface area contributed by atoms with Gasteiger partial charge < -0.3 is 5.32 Å². The summed E-state index contributed by atoms with van der Waals surface area (Å²) in [7, 11) is 0. The molecule has 0 spiro atoms. The number of benzene rings is 1. The lowest BCUT2D eigenvalue weighted by Crippen LogP contribution is -2.34. The molecule has 1 saturated carbocycles. The van der Waals surface area contributed by atoms with E-state index in [4.69, 9.17) is 0 Å². The first-order valence-corrected chi connectivity index (χ1v) is 8.21. The van der Waals surface area contributed by atoms with Crippen LogP contribution in [0.5, 0.6) is 0 Å². The minimum atomic E-state index is 0.823. The van der Waals surface area contributed by atoms with Gasteiger partial charge in [0, 0.05) is 0 Å². The molecular formula is C18H27N. The Labute approximate surface area is 117 Å². The maximum absolute atomic E-state index is 3.52. The molecule has 1 atom stereocenters. The first kappa shape index (κ1) is 13.2. The number of piperidine rings is 1. The molecule has 1 saturated heterocycles. The summed E-state index contributed by atoms with van der Waals surface area (Å²) in [5, 5.41) is 3.52. The van der Waals surface area contributed by atoms with Crippen molar-refractivity contribution in [3.63, 3.8) is 0 Å². The third-order valence-corrected chi connectivity index (χ3v) is 5.23. The normalized spacial score (nSPS) is 24.2. The fourth-order valence-electron chi connectivity index (χ4n) is 4.30. The quantitative estimate of drug-likeness (QED) is 0.849. The van der Waals surface area contributed by atoms with Gasteiger partial charge in [-0.15, -0.1) is 0 Å². The summed E-state index contributed by atoms with van der Waals surface area (Å²) in [6.07, 6.45) is 10.0. The van der Waals surface area contributed by atoms with Gasteiger partial charge in [0.15, 0.2) is 0 Å². The lowest BCUT2D eigenvalue weighted by atomic mass is 9.68. The van der Waals surface area contributed by atoms with Crippen LogP contribution in [0.1, 0.15) is 56.4 Å². The molecule has 0 bridgehead atoms. The van der Waals surface area contributed by atoms with E-state index < -0.39 is 0 Å². The molecule has 2 fully saturated rings. The van der Waals surface area contributed by atoms with Crippen LogP contribution in [0, 0.1) is 11.8 Å². The topological polar surface area (TPSA) is 12.0 Å². The second-order valence-corrected chi connectivity index (χ2v) is 6.42. The zero-order valence-corrected chi connectivity index (χ0v) is 12.0. The molecule has 0 radical (unpaired) electrons. The Morgan fingerprint density at radius 3 is 2.11 bits per heavy atom. The lowest BCUT2D eigenvalue weighted by Gasteiger charge is -2.38. The van der Waals surface area contributed by atoms with Crippen molar-refractivity contribution < 1.29 is 0 Å². The van der Waals surface area contributed by atoms with Crippen LogP contribution in [0.4, 0.5) is 0 Å². The van der Waals surface area contributed by atoms with E-state index in [-0.39, 0.29) is 0 Å². The largest absolute Gasteiger partial charge is 0.317 e. The first-order valence-electron chi connectivity index (χ1n) is 8.21. The summed E-state index contributed by atoms with van der Waals surface area (Å²) in [5.41, 5.74) is 1.61. The molecule has 1 aliphatic heterocycles. The van der Waals surface area contributed by atoms with Crippen molar-refractivity contribution in [2.75, 3.05) is 13.1 Å². The van der Waals surface area contributed by atoms with Crippen LogP contribution < -0.4 is 5.32 Å². The average molecular weight is 257 g/mol. The highest BCUT2D eigenvalue weighted by Crippen LogP contribution is 2.43. The molecule has 0 unspecified atom stereocenters. The second-order valence-electron chi connectivity index (χ2n) is 6.42. The monoisotopic (exact) mass is 257 g/mol. The number of rotatable bonds is 3. The molecule has 104 valence electrons. The Kier molecular flexibility index (Phi) is 4.55. The predicted octanol–water partition coefficient (Wildman–Crippen LogP) is 4.35. The molecule has 0 aromatic heterocycles. The van der Waals surface area contributed by atoms with Crippen LogP contribution in [0.2, 0.25) is 0 Å². The van der Waals surface area contributed by atoms with Crippen molar-refractivity contribution in [2.24, 2.45) is 11.8 Å². The predicted molar refractivity (Wildman–Crippen MR) is 81.4 cm³/mol. The zero-order valence-electron chi connectivity index (χ0n) is 12.0. The van der Waals surface area contributed by atoms with Gasteiger partial charge in [0.2, 0.25) is 0 Å². The van der Waals surface area contributed by atoms with E-state index in [1.807, 2.05) is 0 Å². The van der Waals surface area contributed by atoms with Gasteiger partial charge in [-0.05, 0) is 62.1 Å². The summed E-state index contributed by atoms with van der Waals surface area (Å²) in [5.74, 6) is 2.68. The molecule has 3 rings (SSSR count). The Morgan fingerprint density at radius 2 is 1.42 bits per heavy atom. The fraction of sp³-hybridized carbons (Fsp3) is 0.667. The van der Waals surface area contributed by atoms with Gasteiger partial charge in [0.05, 0.1) is 0 Å². The number of nitrogens with one attached hydrogen (secondary N) is 1. The standard InChI is InChI=1S/C18H27N/c1-3-7-15(8-4-1)18(16-9-5-2-6-10-16)17-11-13-19-14-12-17/h1,3-4,7-8,16-19H,2,5-6,9-14H2/t18-/m1/s1. The van der Waals surface area contributed by atoms with E-state index >= 15 is 0 Å². The average Bonchev–Trinajstić information content (AvgIpc) is 2.51. The maximum Gasteiger partial charge on any atom is -0.00460 e. The van der Waals surface area contributed by atoms with Crippen molar-refractivity contribution in [1.82, 2.24) is 5.32 Å². The highest BCUT2D eigenvalue weighted by atomic mass is 14.9. The molecule has 19 heavy (non-hydrogen) atoms. The molecule has 1 N–H and O–H groups in total. The van der Waals surface area contributed by atoms with Crippen LogP contribution in [0.25, 0.3) is 0 Å². The highest BCUT2D eigenvalue weighted by molar-refractivity contribution is 5.21. The SMILES string of the molecule is c1ccc([C@H](C2CCCCC2)C2CCNCC2)cc1. The van der Waals surface area contributed by atoms with Gasteiger partial charge in [-0.1, -0.05) is 49.6 Å². The molecule has 1 aliphatic carbocycles. The van der Waals surface area contributed by atoms with Crippen LogP contribution in [-0.4, -0.2) is 13.1 Å². The van der Waals surface area contributed by atoms with E-state index in [0.717, 1.165) is 17.8 Å². The van der Waals surface area contributed by atoms with Gasteiger partial charge >= 0.3 is 0 Å². The van der Waals surface area contributed by atoms with Crippen LogP contribution in [-0.2, 0) is 0 Å². The Balaban J connectivity index is 1.81. The molecule has 1 heterocycles. The van der Waals surface area contributed by atoms with Gasteiger partial charge in [0.25, 0.3) is 0 Å². The van der Waals surface area contributed by atoms with Crippen LogP contribution in [0.3, 0.4) is 0 Å². The van der Waals surface area contributed by atoms with Gasteiger partial charge in [-0.25, -0.2) is 0 Å².